The van der Waals surface area contributed by atoms with Crippen molar-refractivity contribution in [1.82, 2.24) is 14.7 Å². The lowest BCUT2D eigenvalue weighted by molar-refractivity contribution is -0.141. The SMILES string of the molecule is CC1CN(C)CCN1C(=O)N1CCC(C(=O)O)C1. The van der Waals surface area contributed by atoms with Gasteiger partial charge in [-0.15, -0.1) is 0 Å². The first kappa shape index (κ1) is 13.1. The van der Waals surface area contributed by atoms with Crippen LogP contribution in [0.5, 0.6) is 0 Å². The molecule has 6 nitrogen and oxygen atoms in total. The number of piperazine rings is 1. The lowest BCUT2D eigenvalue weighted by Gasteiger charge is -2.40. The monoisotopic (exact) mass is 255 g/mol. The van der Waals surface area contributed by atoms with Gasteiger partial charge in [0, 0.05) is 38.8 Å². The Hall–Kier alpha value is -1.30. The van der Waals surface area contributed by atoms with E-state index in [0.717, 1.165) is 19.6 Å². The van der Waals surface area contributed by atoms with Gasteiger partial charge in [0.05, 0.1) is 5.92 Å². The topological polar surface area (TPSA) is 64.1 Å². The Bertz CT molecular complexity index is 347. The predicted octanol–water partition coefficient (Wildman–Crippen LogP) is 0.149. The number of amides is 2. The molecular formula is C12H21N3O3. The van der Waals surface area contributed by atoms with Gasteiger partial charge in [-0.2, -0.15) is 0 Å². The van der Waals surface area contributed by atoms with Crippen LogP contribution in [0.4, 0.5) is 4.79 Å². The van der Waals surface area contributed by atoms with Gasteiger partial charge in [0.25, 0.3) is 0 Å². The lowest BCUT2D eigenvalue weighted by Crippen LogP contribution is -2.56. The molecule has 1 N–H and O–H groups in total. The van der Waals surface area contributed by atoms with Crippen LogP contribution in [0.3, 0.4) is 0 Å². The molecule has 2 amide bonds. The Kier molecular flexibility index (Phi) is 3.75. The Morgan fingerprint density at radius 1 is 1.17 bits per heavy atom. The summed E-state index contributed by atoms with van der Waals surface area (Å²) in [5.41, 5.74) is 0. The lowest BCUT2D eigenvalue weighted by atomic mass is 10.1. The highest BCUT2D eigenvalue weighted by Gasteiger charge is 2.35. The highest BCUT2D eigenvalue weighted by molar-refractivity contribution is 5.77. The number of nitrogens with zero attached hydrogens (tertiary/aromatic N) is 3. The van der Waals surface area contributed by atoms with Crippen LogP contribution in [0.25, 0.3) is 0 Å². The first-order valence-electron chi connectivity index (χ1n) is 6.46. The highest BCUT2D eigenvalue weighted by atomic mass is 16.4. The summed E-state index contributed by atoms with van der Waals surface area (Å²) in [6, 6.07) is 0.194. The number of carbonyl (C=O) groups excluding carboxylic acids is 1. The third kappa shape index (κ3) is 2.58. The van der Waals surface area contributed by atoms with Crippen LogP contribution in [0.1, 0.15) is 13.3 Å². The number of carbonyl (C=O) groups is 2. The van der Waals surface area contributed by atoms with Gasteiger partial charge in [-0.25, -0.2) is 4.79 Å². The Labute approximate surface area is 107 Å². The van der Waals surface area contributed by atoms with E-state index in [1.54, 1.807) is 4.90 Å². The third-order valence-corrected chi connectivity index (χ3v) is 3.88. The van der Waals surface area contributed by atoms with Crippen LogP contribution < -0.4 is 0 Å². The zero-order valence-corrected chi connectivity index (χ0v) is 11.0. The molecular weight excluding hydrogens is 234 g/mol. The fraction of sp³-hybridized carbons (Fsp3) is 0.833. The molecule has 0 radical (unpaired) electrons. The maximum Gasteiger partial charge on any atom is 0.320 e. The summed E-state index contributed by atoms with van der Waals surface area (Å²) >= 11 is 0. The number of hydrogen-bond acceptors (Lipinski definition) is 3. The summed E-state index contributed by atoms with van der Waals surface area (Å²) in [5.74, 6) is -1.19. The molecule has 6 heteroatoms. The molecule has 2 saturated heterocycles. The van der Waals surface area contributed by atoms with Crippen LogP contribution in [0.2, 0.25) is 0 Å². The summed E-state index contributed by atoms with van der Waals surface area (Å²) in [4.78, 5) is 29.0. The minimum Gasteiger partial charge on any atom is -0.481 e. The van der Waals surface area contributed by atoms with Crippen LogP contribution in [-0.4, -0.2) is 77.6 Å². The molecule has 0 aromatic heterocycles. The summed E-state index contributed by atoms with van der Waals surface area (Å²) in [7, 11) is 2.05. The summed E-state index contributed by atoms with van der Waals surface area (Å²) in [6.07, 6.45) is 0.573. The second kappa shape index (κ2) is 5.14. The second-order valence-electron chi connectivity index (χ2n) is 5.36. The van der Waals surface area contributed by atoms with Gasteiger partial charge in [-0.05, 0) is 20.4 Å². The number of aliphatic carboxylic acids is 1. The normalized spacial score (nSPS) is 29.7. The molecule has 2 aliphatic rings. The summed E-state index contributed by atoms with van der Waals surface area (Å²) in [5, 5.41) is 8.95. The third-order valence-electron chi connectivity index (χ3n) is 3.88. The van der Waals surface area contributed by atoms with Gasteiger partial charge >= 0.3 is 12.0 Å². The van der Waals surface area contributed by atoms with Crippen molar-refractivity contribution in [2.75, 3.05) is 39.8 Å². The Balaban J connectivity index is 1.94. The molecule has 2 atom stereocenters. The van der Waals surface area contributed by atoms with Crippen LogP contribution in [-0.2, 0) is 4.79 Å². The van der Waals surface area contributed by atoms with Crippen LogP contribution >= 0.6 is 0 Å². The minimum atomic E-state index is -0.795. The van der Waals surface area contributed by atoms with E-state index in [4.69, 9.17) is 5.11 Å². The fourth-order valence-electron chi connectivity index (χ4n) is 2.74. The molecule has 0 aliphatic carbocycles. The van der Waals surface area contributed by atoms with Crippen molar-refractivity contribution >= 4 is 12.0 Å². The molecule has 2 aliphatic heterocycles. The standard InChI is InChI=1S/C12H21N3O3/c1-9-7-13(2)5-6-15(9)12(18)14-4-3-10(8-14)11(16)17/h9-10H,3-8H2,1-2H3,(H,16,17). The van der Waals surface area contributed by atoms with Crippen molar-refractivity contribution in [2.45, 2.75) is 19.4 Å². The van der Waals surface area contributed by atoms with E-state index < -0.39 is 11.9 Å². The van der Waals surface area contributed by atoms with E-state index in [0.29, 0.717) is 19.5 Å². The molecule has 0 aromatic carbocycles. The number of carboxylic acid groups (broad SMARTS) is 1. The quantitative estimate of drug-likeness (QED) is 0.724. The van der Waals surface area contributed by atoms with Crippen molar-refractivity contribution in [2.24, 2.45) is 5.92 Å². The van der Waals surface area contributed by atoms with Gasteiger partial charge in [0.1, 0.15) is 0 Å². The number of likely N-dealkylation sites (tertiary alicyclic amines) is 1. The van der Waals surface area contributed by atoms with E-state index in [1.165, 1.54) is 0 Å². The zero-order chi connectivity index (χ0) is 13.3. The molecule has 2 unspecified atom stereocenters. The average molecular weight is 255 g/mol. The molecule has 2 rings (SSSR count). The van der Waals surface area contributed by atoms with E-state index in [1.807, 2.05) is 11.8 Å². The maximum absolute atomic E-state index is 12.3. The summed E-state index contributed by atoms with van der Waals surface area (Å²) in [6.45, 7) is 5.44. The van der Waals surface area contributed by atoms with Gasteiger partial charge < -0.3 is 19.8 Å². The van der Waals surface area contributed by atoms with Crippen molar-refractivity contribution in [3.8, 4) is 0 Å². The number of likely N-dealkylation sites (N-methyl/N-ethyl adjacent to an activating group) is 1. The maximum atomic E-state index is 12.3. The molecule has 0 saturated carbocycles. The van der Waals surface area contributed by atoms with E-state index in [2.05, 4.69) is 11.9 Å². The highest BCUT2D eigenvalue weighted by Crippen LogP contribution is 2.20. The van der Waals surface area contributed by atoms with E-state index in [-0.39, 0.29) is 12.1 Å². The van der Waals surface area contributed by atoms with Gasteiger partial charge in [-0.1, -0.05) is 0 Å². The molecule has 102 valence electrons. The average Bonchev–Trinajstić information content (AvgIpc) is 2.77. The number of urea groups is 1. The smallest absolute Gasteiger partial charge is 0.320 e. The number of hydrogen-bond donors (Lipinski definition) is 1. The first-order valence-corrected chi connectivity index (χ1v) is 6.46. The molecule has 0 aromatic rings. The Morgan fingerprint density at radius 3 is 2.44 bits per heavy atom. The molecule has 0 bridgehead atoms. The molecule has 0 spiro atoms. The minimum absolute atomic E-state index is 0.000602. The van der Waals surface area contributed by atoms with Crippen LogP contribution in [0, 0.1) is 5.92 Å². The fourth-order valence-corrected chi connectivity index (χ4v) is 2.74. The summed E-state index contributed by atoms with van der Waals surface area (Å²) < 4.78 is 0. The van der Waals surface area contributed by atoms with Crippen LogP contribution in [0.15, 0.2) is 0 Å². The van der Waals surface area contributed by atoms with Crippen molar-refractivity contribution in [3.05, 3.63) is 0 Å². The molecule has 18 heavy (non-hydrogen) atoms. The largest absolute Gasteiger partial charge is 0.481 e. The predicted molar refractivity (Wildman–Crippen MR) is 66.4 cm³/mol. The van der Waals surface area contributed by atoms with Gasteiger partial charge in [0.2, 0.25) is 0 Å². The number of rotatable bonds is 1. The van der Waals surface area contributed by atoms with E-state index in [9.17, 15) is 9.59 Å². The van der Waals surface area contributed by atoms with Gasteiger partial charge in [-0.3, -0.25) is 4.79 Å². The zero-order valence-electron chi connectivity index (χ0n) is 11.0. The van der Waals surface area contributed by atoms with Crippen molar-refractivity contribution < 1.29 is 14.7 Å². The second-order valence-corrected chi connectivity index (χ2v) is 5.36. The number of carboxylic acids is 1. The molecule has 2 heterocycles. The first-order chi connectivity index (χ1) is 8.49. The van der Waals surface area contributed by atoms with Crippen molar-refractivity contribution in [3.63, 3.8) is 0 Å². The Morgan fingerprint density at radius 2 is 1.89 bits per heavy atom. The van der Waals surface area contributed by atoms with Gasteiger partial charge in [0.15, 0.2) is 0 Å². The van der Waals surface area contributed by atoms with E-state index >= 15 is 0 Å². The van der Waals surface area contributed by atoms with Crippen molar-refractivity contribution in [1.29, 1.82) is 0 Å². The molecule has 2 fully saturated rings.